The van der Waals surface area contributed by atoms with Gasteiger partial charge in [0.25, 0.3) is 0 Å². The Hall–Kier alpha value is -0.200. The van der Waals surface area contributed by atoms with Gasteiger partial charge in [-0.15, -0.1) is 0 Å². The SMILES string of the molecule is COC(=O)[C@@H](N)CCSSCCCC(C)=O. The predicted molar refractivity (Wildman–Crippen MR) is 69.4 cm³/mol. The van der Waals surface area contributed by atoms with Gasteiger partial charge in [-0.3, -0.25) is 4.79 Å². The summed E-state index contributed by atoms with van der Waals surface area (Å²) in [6.07, 6.45) is 2.18. The summed E-state index contributed by atoms with van der Waals surface area (Å²) in [5.41, 5.74) is 5.57. The first-order valence-electron chi connectivity index (χ1n) is 5.15. The Morgan fingerprint density at radius 2 is 1.94 bits per heavy atom. The minimum Gasteiger partial charge on any atom is -0.468 e. The van der Waals surface area contributed by atoms with Gasteiger partial charge in [0.2, 0.25) is 0 Å². The molecule has 0 aliphatic carbocycles. The number of hydrogen-bond donors (Lipinski definition) is 1. The monoisotopic (exact) mass is 265 g/mol. The molecule has 2 N–H and O–H groups in total. The molecule has 94 valence electrons. The van der Waals surface area contributed by atoms with E-state index in [4.69, 9.17) is 5.73 Å². The molecule has 0 aromatic rings. The Morgan fingerprint density at radius 1 is 1.31 bits per heavy atom. The zero-order chi connectivity index (χ0) is 12.4. The van der Waals surface area contributed by atoms with E-state index in [2.05, 4.69) is 4.74 Å². The first-order chi connectivity index (χ1) is 7.57. The molecule has 0 aromatic heterocycles. The van der Waals surface area contributed by atoms with E-state index < -0.39 is 6.04 Å². The number of methoxy groups -OCH3 is 1. The van der Waals surface area contributed by atoms with Gasteiger partial charge in [0.15, 0.2) is 0 Å². The number of rotatable bonds is 9. The number of ether oxygens (including phenoxy) is 1. The van der Waals surface area contributed by atoms with E-state index in [9.17, 15) is 9.59 Å². The van der Waals surface area contributed by atoms with E-state index in [1.165, 1.54) is 7.11 Å². The second-order valence-corrected chi connectivity index (χ2v) is 6.07. The van der Waals surface area contributed by atoms with Crippen molar-refractivity contribution in [3.8, 4) is 0 Å². The highest BCUT2D eigenvalue weighted by Crippen LogP contribution is 2.23. The molecule has 0 spiro atoms. The Kier molecular flexibility index (Phi) is 9.86. The number of nitrogens with two attached hydrogens (primary N) is 1. The lowest BCUT2D eigenvalue weighted by Crippen LogP contribution is -2.31. The van der Waals surface area contributed by atoms with Crippen molar-refractivity contribution in [2.24, 2.45) is 5.73 Å². The maximum atomic E-state index is 11.0. The maximum Gasteiger partial charge on any atom is 0.322 e. The third-order valence-electron chi connectivity index (χ3n) is 1.86. The summed E-state index contributed by atoms with van der Waals surface area (Å²) < 4.78 is 4.52. The lowest BCUT2D eigenvalue weighted by atomic mass is 10.2. The molecule has 0 aromatic carbocycles. The molecule has 0 radical (unpaired) electrons. The van der Waals surface area contributed by atoms with Crippen LogP contribution in [0.1, 0.15) is 26.2 Å². The van der Waals surface area contributed by atoms with Gasteiger partial charge in [0.1, 0.15) is 11.8 Å². The standard InChI is InChI=1S/C10H19NO3S2/c1-8(12)4-3-6-15-16-7-5-9(11)10(13)14-2/h9H,3-7,11H2,1-2H3/t9-/m0/s1. The fourth-order valence-corrected chi connectivity index (χ4v) is 3.14. The second-order valence-electron chi connectivity index (χ2n) is 3.37. The highest BCUT2D eigenvalue weighted by atomic mass is 33.1. The molecule has 4 nitrogen and oxygen atoms in total. The largest absolute Gasteiger partial charge is 0.468 e. The Balaban J connectivity index is 3.27. The van der Waals surface area contributed by atoms with Crippen LogP contribution in [0.3, 0.4) is 0 Å². The third kappa shape index (κ3) is 9.06. The normalized spacial score (nSPS) is 12.2. The van der Waals surface area contributed by atoms with E-state index in [0.717, 1.165) is 17.9 Å². The van der Waals surface area contributed by atoms with Crippen LogP contribution < -0.4 is 5.73 Å². The predicted octanol–water partition coefficient (Wildman–Crippen LogP) is 1.63. The molecule has 0 aliphatic heterocycles. The smallest absolute Gasteiger partial charge is 0.322 e. The minimum absolute atomic E-state index is 0.235. The lowest BCUT2D eigenvalue weighted by molar-refractivity contribution is -0.142. The summed E-state index contributed by atoms with van der Waals surface area (Å²) in [5, 5.41) is 0. The van der Waals surface area contributed by atoms with Crippen LogP contribution in [0.4, 0.5) is 0 Å². The van der Waals surface area contributed by atoms with Crippen LogP contribution in [0.2, 0.25) is 0 Å². The summed E-state index contributed by atoms with van der Waals surface area (Å²) in [5.74, 6) is 1.65. The van der Waals surface area contributed by atoms with E-state index in [0.29, 0.717) is 12.8 Å². The van der Waals surface area contributed by atoms with E-state index in [-0.39, 0.29) is 11.8 Å². The van der Waals surface area contributed by atoms with Gasteiger partial charge in [-0.05, 0) is 19.8 Å². The van der Waals surface area contributed by atoms with Gasteiger partial charge < -0.3 is 15.3 Å². The molecule has 0 aliphatic rings. The molecule has 1 atom stereocenters. The number of hydrogen-bond acceptors (Lipinski definition) is 6. The maximum absolute atomic E-state index is 11.0. The molecule has 0 saturated carbocycles. The molecule has 6 heteroatoms. The summed E-state index contributed by atoms with van der Waals surface area (Å²) >= 11 is 0. The molecule has 16 heavy (non-hydrogen) atoms. The van der Waals surface area contributed by atoms with Crippen molar-refractivity contribution in [1.29, 1.82) is 0 Å². The van der Waals surface area contributed by atoms with Crippen molar-refractivity contribution >= 4 is 33.3 Å². The van der Waals surface area contributed by atoms with Gasteiger partial charge in [-0.2, -0.15) is 0 Å². The fraction of sp³-hybridized carbons (Fsp3) is 0.800. The zero-order valence-electron chi connectivity index (χ0n) is 9.73. The molecular formula is C10H19NO3S2. The summed E-state index contributed by atoms with van der Waals surface area (Å²) in [4.78, 5) is 21.6. The molecule has 0 rings (SSSR count). The highest BCUT2D eigenvalue weighted by molar-refractivity contribution is 8.76. The van der Waals surface area contributed by atoms with Crippen molar-refractivity contribution in [1.82, 2.24) is 0 Å². The molecule has 0 heterocycles. The van der Waals surface area contributed by atoms with Crippen LogP contribution in [0.5, 0.6) is 0 Å². The Labute approximate surface area is 104 Å². The van der Waals surface area contributed by atoms with Crippen LogP contribution >= 0.6 is 21.6 Å². The van der Waals surface area contributed by atoms with Crippen LogP contribution in [-0.4, -0.2) is 36.4 Å². The summed E-state index contributed by atoms with van der Waals surface area (Å²) in [6, 6.07) is -0.518. The average molecular weight is 265 g/mol. The third-order valence-corrected chi connectivity index (χ3v) is 4.38. The number of carbonyl (C=O) groups is 2. The van der Waals surface area contributed by atoms with Crippen LogP contribution in [0.25, 0.3) is 0 Å². The number of ketones is 1. The Morgan fingerprint density at radius 3 is 2.50 bits per heavy atom. The molecular weight excluding hydrogens is 246 g/mol. The van der Waals surface area contributed by atoms with Gasteiger partial charge in [0, 0.05) is 17.9 Å². The highest BCUT2D eigenvalue weighted by Gasteiger charge is 2.12. The molecule has 0 bridgehead atoms. The molecule has 0 amide bonds. The zero-order valence-corrected chi connectivity index (χ0v) is 11.4. The molecule has 0 unspecified atom stereocenters. The fourth-order valence-electron chi connectivity index (χ4n) is 0.942. The number of Topliss-reactive ketones (excluding diaryl/α,β-unsaturated/α-hetero) is 1. The average Bonchev–Trinajstić information content (AvgIpc) is 2.25. The first-order valence-corrected chi connectivity index (χ1v) is 7.64. The number of carbonyl (C=O) groups excluding carboxylic acids is 2. The van der Waals surface area contributed by atoms with Crippen molar-refractivity contribution in [2.45, 2.75) is 32.2 Å². The van der Waals surface area contributed by atoms with Crippen LogP contribution in [-0.2, 0) is 14.3 Å². The van der Waals surface area contributed by atoms with Gasteiger partial charge in [-0.25, -0.2) is 0 Å². The van der Waals surface area contributed by atoms with Crippen molar-refractivity contribution in [3.63, 3.8) is 0 Å². The van der Waals surface area contributed by atoms with Crippen molar-refractivity contribution < 1.29 is 14.3 Å². The van der Waals surface area contributed by atoms with E-state index in [1.54, 1.807) is 28.5 Å². The van der Waals surface area contributed by atoms with Crippen LogP contribution in [0.15, 0.2) is 0 Å². The van der Waals surface area contributed by atoms with Crippen molar-refractivity contribution in [3.05, 3.63) is 0 Å². The summed E-state index contributed by atoms with van der Waals surface area (Å²) in [6.45, 7) is 1.60. The van der Waals surface area contributed by atoms with Gasteiger partial charge >= 0.3 is 5.97 Å². The number of esters is 1. The summed E-state index contributed by atoms with van der Waals surface area (Å²) in [7, 11) is 4.73. The topological polar surface area (TPSA) is 69.4 Å². The van der Waals surface area contributed by atoms with E-state index in [1.807, 2.05) is 0 Å². The minimum atomic E-state index is -0.518. The van der Waals surface area contributed by atoms with Gasteiger partial charge in [0.05, 0.1) is 7.11 Å². The lowest BCUT2D eigenvalue weighted by Gasteiger charge is -2.07. The first kappa shape index (κ1) is 15.8. The van der Waals surface area contributed by atoms with Crippen molar-refractivity contribution in [2.75, 3.05) is 18.6 Å². The molecule has 0 fully saturated rings. The van der Waals surface area contributed by atoms with Crippen LogP contribution in [0, 0.1) is 0 Å². The van der Waals surface area contributed by atoms with Gasteiger partial charge in [-0.1, -0.05) is 21.6 Å². The molecule has 0 saturated heterocycles. The quantitative estimate of drug-likeness (QED) is 0.388. The Bertz CT molecular complexity index is 224. The second kappa shape index (κ2) is 9.99. The van der Waals surface area contributed by atoms with E-state index >= 15 is 0 Å².